The number of rotatable bonds is 6. The second-order valence-corrected chi connectivity index (χ2v) is 5.61. The quantitative estimate of drug-likeness (QED) is 0.651. The average molecular weight is 321 g/mol. The average Bonchev–Trinajstić information content (AvgIpc) is 2.97. The van der Waals surface area contributed by atoms with Gasteiger partial charge in [-0.1, -0.05) is 45.1 Å². The summed E-state index contributed by atoms with van der Waals surface area (Å²) in [6.45, 7) is 8.65. The van der Waals surface area contributed by atoms with Gasteiger partial charge in [-0.25, -0.2) is 4.98 Å². The minimum absolute atomic E-state index is 0.217. The zero-order chi connectivity index (χ0) is 17.5. The van der Waals surface area contributed by atoms with Gasteiger partial charge in [-0.15, -0.1) is 0 Å². The van der Waals surface area contributed by atoms with Crippen molar-refractivity contribution in [2.75, 3.05) is 7.05 Å². The molecule has 1 heterocycles. The van der Waals surface area contributed by atoms with E-state index in [1.54, 1.807) is 7.05 Å². The zero-order valence-electron chi connectivity index (χ0n) is 14.5. The normalized spacial score (nSPS) is 13.2. The van der Waals surface area contributed by atoms with Crippen molar-refractivity contribution in [3.63, 3.8) is 0 Å². The van der Waals surface area contributed by atoms with E-state index < -0.39 is 0 Å². The summed E-state index contributed by atoms with van der Waals surface area (Å²) in [5.74, 6) is 1.79. The molecule has 0 bridgehead atoms. The van der Waals surface area contributed by atoms with Gasteiger partial charge in [0.05, 0.1) is 22.7 Å². The molecule has 5 nitrogen and oxygen atoms in total. The van der Waals surface area contributed by atoms with E-state index in [0.717, 1.165) is 17.5 Å². The third-order valence-electron chi connectivity index (χ3n) is 3.95. The molecule has 2 rings (SSSR count). The number of hydrogen-bond donors (Lipinski definition) is 1. The van der Waals surface area contributed by atoms with Crippen LogP contribution < -0.4 is 5.32 Å². The van der Waals surface area contributed by atoms with E-state index in [9.17, 15) is 0 Å². The molecule has 2 aromatic rings. The van der Waals surface area contributed by atoms with E-state index in [1.807, 2.05) is 35.0 Å². The van der Waals surface area contributed by atoms with Gasteiger partial charge >= 0.3 is 0 Å². The highest BCUT2D eigenvalue weighted by Crippen LogP contribution is 2.21. The minimum atomic E-state index is 0.217. The Hall–Kier alpha value is -2.87. The maximum atomic E-state index is 9.14. The number of aromatic nitrogens is 2. The third-order valence-corrected chi connectivity index (χ3v) is 3.95. The summed E-state index contributed by atoms with van der Waals surface area (Å²) >= 11 is 0. The number of nitrogens with one attached hydrogen (secondary N) is 1. The molecule has 5 heteroatoms. The Kier molecular flexibility index (Phi) is 5.91. The number of nitriles is 1. The summed E-state index contributed by atoms with van der Waals surface area (Å²) in [6, 6.07) is 9.94. The highest BCUT2D eigenvalue weighted by atomic mass is 15.1. The second-order valence-electron chi connectivity index (χ2n) is 5.61. The van der Waals surface area contributed by atoms with E-state index in [-0.39, 0.29) is 6.54 Å². The minimum Gasteiger partial charge on any atom is -0.347 e. The Morgan fingerprint density at radius 1 is 1.50 bits per heavy atom. The first-order chi connectivity index (χ1) is 11.6. The van der Waals surface area contributed by atoms with Crippen LogP contribution in [-0.4, -0.2) is 22.4 Å². The highest BCUT2D eigenvalue weighted by molar-refractivity contribution is 6.21. The van der Waals surface area contributed by atoms with Crippen LogP contribution >= 0.6 is 0 Å². The molecule has 0 amide bonds. The molecule has 1 unspecified atom stereocenters. The van der Waals surface area contributed by atoms with Gasteiger partial charge in [-0.2, -0.15) is 5.26 Å². The molecule has 24 heavy (non-hydrogen) atoms. The maximum absolute atomic E-state index is 9.14. The van der Waals surface area contributed by atoms with Crippen LogP contribution in [0.4, 0.5) is 0 Å². The molecule has 1 atom stereocenters. The number of fused-ring (bicyclic) bond motifs is 1. The first kappa shape index (κ1) is 17.5. The number of imidazole rings is 1. The molecule has 0 radical (unpaired) electrons. The molecular formula is C19H23N5. The van der Waals surface area contributed by atoms with E-state index in [1.165, 1.54) is 0 Å². The number of amidine groups is 1. The Bertz CT molecular complexity index is 820. The Morgan fingerprint density at radius 3 is 2.92 bits per heavy atom. The smallest absolute Gasteiger partial charge is 0.145 e. The van der Waals surface area contributed by atoms with Crippen molar-refractivity contribution in [1.82, 2.24) is 14.9 Å². The predicted molar refractivity (Wildman–Crippen MR) is 99.5 cm³/mol. The van der Waals surface area contributed by atoms with Crippen LogP contribution in [0.3, 0.4) is 0 Å². The number of allylic oxidation sites excluding steroid dienone is 1. The summed E-state index contributed by atoms with van der Waals surface area (Å²) in [5, 5.41) is 12.3. The van der Waals surface area contributed by atoms with Crippen molar-refractivity contribution in [2.24, 2.45) is 10.9 Å². The summed E-state index contributed by atoms with van der Waals surface area (Å²) < 4.78 is 1.86. The van der Waals surface area contributed by atoms with Crippen LogP contribution in [-0.2, 0) is 6.54 Å². The highest BCUT2D eigenvalue weighted by Gasteiger charge is 2.16. The lowest BCUT2D eigenvalue weighted by Crippen LogP contribution is -2.21. The summed E-state index contributed by atoms with van der Waals surface area (Å²) in [6.07, 6.45) is 5.06. The molecule has 1 aromatic carbocycles. The van der Waals surface area contributed by atoms with Gasteiger partial charge in [0.1, 0.15) is 18.2 Å². The van der Waals surface area contributed by atoms with Crippen LogP contribution in [0.2, 0.25) is 0 Å². The van der Waals surface area contributed by atoms with Crippen molar-refractivity contribution in [3.05, 3.63) is 48.9 Å². The standard InChI is InChI=1S/C19H23N5/c1-5-14(2)10-12-22-18(21-4)15(3)19-23-16-8-6-7-9-17(16)24(19)13-11-20/h6-10,12,14H,3,5,13H2,1-2,4H3,(H,21,22)/b12-10-. The Balaban J connectivity index is 2.34. The summed E-state index contributed by atoms with van der Waals surface area (Å²) in [5.41, 5.74) is 2.42. The molecule has 0 saturated heterocycles. The van der Waals surface area contributed by atoms with E-state index >= 15 is 0 Å². The van der Waals surface area contributed by atoms with Gasteiger partial charge in [-0.05, 0) is 24.3 Å². The third kappa shape index (κ3) is 3.72. The van der Waals surface area contributed by atoms with Crippen molar-refractivity contribution in [2.45, 2.75) is 26.8 Å². The van der Waals surface area contributed by atoms with E-state index in [2.05, 4.69) is 47.9 Å². The van der Waals surface area contributed by atoms with Crippen molar-refractivity contribution >= 4 is 22.4 Å². The van der Waals surface area contributed by atoms with Crippen LogP contribution in [0.5, 0.6) is 0 Å². The molecule has 0 aliphatic carbocycles. The predicted octanol–water partition coefficient (Wildman–Crippen LogP) is 3.75. The number of nitrogens with zero attached hydrogens (tertiary/aromatic N) is 4. The summed E-state index contributed by atoms with van der Waals surface area (Å²) in [4.78, 5) is 8.90. The fourth-order valence-corrected chi connectivity index (χ4v) is 2.36. The fraction of sp³-hybridized carbons (Fsp3) is 0.316. The number of hydrogen-bond acceptors (Lipinski definition) is 3. The molecule has 0 aliphatic heterocycles. The first-order valence-electron chi connectivity index (χ1n) is 8.04. The van der Waals surface area contributed by atoms with E-state index in [4.69, 9.17) is 5.26 Å². The monoisotopic (exact) mass is 321 g/mol. The van der Waals surface area contributed by atoms with Crippen LogP contribution in [0.1, 0.15) is 26.1 Å². The lowest BCUT2D eigenvalue weighted by atomic mass is 10.1. The van der Waals surface area contributed by atoms with Gasteiger partial charge in [-0.3, -0.25) is 4.99 Å². The first-order valence-corrected chi connectivity index (χ1v) is 8.04. The molecule has 0 aliphatic rings. The number of aliphatic imine (C=N–C) groups is 1. The molecule has 1 aromatic heterocycles. The maximum Gasteiger partial charge on any atom is 0.145 e. The molecule has 124 valence electrons. The van der Waals surface area contributed by atoms with Gasteiger partial charge < -0.3 is 9.88 Å². The largest absolute Gasteiger partial charge is 0.347 e. The Labute approximate surface area is 143 Å². The van der Waals surface area contributed by atoms with Crippen LogP contribution in [0, 0.1) is 17.2 Å². The van der Waals surface area contributed by atoms with Crippen molar-refractivity contribution in [3.8, 4) is 6.07 Å². The van der Waals surface area contributed by atoms with Gasteiger partial charge in [0.25, 0.3) is 0 Å². The van der Waals surface area contributed by atoms with Crippen molar-refractivity contribution in [1.29, 1.82) is 5.26 Å². The van der Waals surface area contributed by atoms with Gasteiger partial charge in [0.2, 0.25) is 0 Å². The fourth-order valence-electron chi connectivity index (χ4n) is 2.36. The Morgan fingerprint density at radius 2 is 2.25 bits per heavy atom. The molecule has 0 spiro atoms. The van der Waals surface area contributed by atoms with Gasteiger partial charge in [0.15, 0.2) is 0 Å². The molecule has 0 saturated carbocycles. The number of para-hydroxylation sites is 2. The number of benzene rings is 1. The van der Waals surface area contributed by atoms with Crippen LogP contribution in [0.25, 0.3) is 16.6 Å². The molecule has 1 N–H and O–H groups in total. The SMILES string of the molecule is C=C(C(=NC)N/C=C\C(C)CC)c1nc2ccccc2n1CC#N. The van der Waals surface area contributed by atoms with E-state index in [0.29, 0.717) is 23.2 Å². The second kappa shape index (κ2) is 8.11. The lowest BCUT2D eigenvalue weighted by Gasteiger charge is -2.11. The zero-order valence-corrected chi connectivity index (χ0v) is 14.5. The topological polar surface area (TPSA) is 66.0 Å². The molecule has 0 fully saturated rings. The lowest BCUT2D eigenvalue weighted by molar-refractivity contribution is 0.695. The van der Waals surface area contributed by atoms with Gasteiger partial charge in [0, 0.05) is 7.05 Å². The van der Waals surface area contributed by atoms with Crippen LogP contribution in [0.15, 0.2) is 48.1 Å². The summed E-state index contributed by atoms with van der Waals surface area (Å²) in [7, 11) is 1.71. The van der Waals surface area contributed by atoms with Crippen molar-refractivity contribution < 1.29 is 0 Å². The molecular weight excluding hydrogens is 298 g/mol.